The summed E-state index contributed by atoms with van der Waals surface area (Å²) in [6.45, 7) is 8.47. The van der Waals surface area contributed by atoms with Crippen LogP contribution in [0, 0.1) is 5.92 Å². The highest BCUT2D eigenvalue weighted by atomic mass is 16.5. The monoisotopic (exact) mass is 410 g/mol. The van der Waals surface area contributed by atoms with E-state index in [0.29, 0.717) is 6.61 Å². The van der Waals surface area contributed by atoms with E-state index in [1.165, 1.54) is 77.0 Å². The van der Waals surface area contributed by atoms with Crippen LogP contribution in [0.2, 0.25) is 0 Å². The molecule has 29 heavy (non-hydrogen) atoms. The van der Waals surface area contributed by atoms with Crippen LogP contribution in [-0.4, -0.2) is 24.6 Å². The first-order valence-electron chi connectivity index (χ1n) is 12.0. The maximum absolute atomic E-state index is 11.6. The van der Waals surface area contributed by atoms with E-state index in [1.54, 1.807) is 0 Å². The zero-order valence-electron chi connectivity index (χ0n) is 19.5. The second kappa shape index (κ2) is 20.0. The van der Waals surface area contributed by atoms with Crippen molar-refractivity contribution in [3.05, 3.63) is 12.2 Å². The third-order valence-corrected chi connectivity index (χ3v) is 5.34. The van der Waals surface area contributed by atoms with Gasteiger partial charge in [0.15, 0.2) is 0 Å². The number of rotatable bonds is 19. The fourth-order valence-electron chi connectivity index (χ4n) is 3.01. The molecule has 0 heterocycles. The molecular formula is C25H46O4. The zero-order valence-corrected chi connectivity index (χ0v) is 19.5. The Bertz CT molecular complexity index is 429. The summed E-state index contributed by atoms with van der Waals surface area (Å²) in [5.74, 6) is -0.729. The molecule has 0 aliphatic rings. The van der Waals surface area contributed by atoms with E-state index in [9.17, 15) is 9.59 Å². The van der Waals surface area contributed by atoms with Crippen molar-refractivity contribution in [1.29, 1.82) is 0 Å². The highest BCUT2D eigenvalue weighted by Crippen LogP contribution is 2.13. The second-order valence-electron chi connectivity index (χ2n) is 8.48. The summed E-state index contributed by atoms with van der Waals surface area (Å²) in [6.07, 6.45) is 20.3. The number of carbonyl (C=O) groups is 2. The molecule has 0 N–H and O–H groups in total. The van der Waals surface area contributed by atoms with Gasteiger partial charge in [-0.05, 0) is 19.3 Å². The summed E-state index contributed by atoms with van der Waals surface area (Å²) >= 11 is 0. The Morgan fingerprint density at radius 1 is 0.655 bits per heavy atom. The molecule has 0 aliphatic carbocycles. The van der Waals surface area contributed by atoms with E-state index in [1.807, 2.05) is 20.8 Å². The fraction of sp³-hybridized carbons (Fsp3) is 0.840. The molecular weight excluding hydrogens is 364 g/mol. The average Bonchev–Trinajstić information content (AvgIpc) is 2.69. The lowest BCUT2D eigenvalue weighted by Gasteiger charge is -2.14. The first-order valence-corrected chi connectivity index (χ1v) is 12.0. The van der Waals surface area contributed by atoms with Crippen LogP contribution in [0.15, 0.2) is 12.2 Å². The standard InChI is InChI=1S/C25H46O4/c1-5-6-7-8-9-10-11-12-13-14-15-16-17-18-21-28-24(26)19-20-25(27)29-23(4)22(2)3/h19-20,22-23H,5-18,21H2,1-4H3/b20-19+. The van der Waals surface area contributed by atoms with Gasteiger partial charge in [0, 0.05) is 12.2 Å². The van der Waals surface area contributed by atoms with E-state index in [4.69, 9.17) is 9.47 Å². The minimum Gasteiger partial charge on any atom is -0.463 e. The van der Waals surface area contributed by atoms with Crippen molar-refractivity contribution < 1.29 is 19.1 Å². The third kappa shape index (κ3) is 19.8. The minimum absolute atomic E-state index is 0.168. The van der Waals surface area contributed by atoms with Crippen molar-refractivity contribution in [2.45, 2.75) is 124 Å². The van der Waals surface area contributed by atoms with E-state index < -0.39 is 11.9 Å². The number of unbranched alkanes of at least 4 members (excludes halogenated alkanes) is 13. The van der Waals surface area contributed by atoms with Gasteiger partial charge >= 0.3 is 11.9 Å². The van der Waals surface area contributed by atoms with Crippen molar-refractivity contribution in [3.8, 4) is 0 Å². The summed E-state index contributed by atoms with van der Waals surface area (Å²) in [4.78, 5) is 23.1. The number of hydrogen-bond acceptors (Lipinski definition) is 4. The predicted molar refractivity (Wildman–Crippen MR) is 121 cm³/mol. The van der Waals surface area contributed by atoms with Crippen molar-refractivity contribution in [2.75, 3.05) is 6.61 Å². The summed E-state index contributed by atoms with van der Waals surface area (Å²) in [6, 6.07) is 0. The molecule has 0 fully saturated rings. The van der Waals surface area contributed by atoms with Crippen molar-refractivity contribution in [2.24, 2.45) is 5.92 Å². The van der Waals surface area contributed by atoms with Gasteiger partial charge in [-0.15, -0.1) is 0 Å². The molecule has 1 unspecified atom stereocenters. The van der Waals surface area contributed by atoms with Gasteiger partial charge in [0.25, 0.3) is 0 Å². The van der Waals surface area contributed by atoms with Crippen LogP contribution >= 0.6 is 0 Å². The molecule has 0 bridgehead atoms. The Kier molecular flexibility index (Phi) is 19.1. The van der Waals surface area contributed by atoms with Crippen LogP contribution in [0.25, 0.3) is 0 Å². The Morgan fingerprint density at radius 2 is 1.07 bits per heavy atom. The van der Waals surface area contributed by atoms with Crippen LogP contribution in [-0.2, 0) is 19.1 Å². The normalized spacial score (nSPS) is 12.4. The summed E-state index contributed by atoms with van der Waals surface area (Å²) in [5.41, 5.74) is 0. The molecule has 170 valence electrons. The molecule has 4 nitrogen and oxygen atoms in total. The molecule has 0 aromatic heterocycles. The summed E-state index contributed by atoms with van der Waals surface area (Å²) in [7, 11) is 0. The summed E-state index contributed by atoms with van der Waals surface area (Å²) < 4.78 is 10.3. The fourth-order valence-corrected chi connectivity index (χ4v) is 3.01. The molecule has 0 aromatic rings. The van der Waals surface area contributed by atoms with Crippen molar-refractivity contribution in [1.82, 2.24) is 0 Å². The SMILES string of the molecule is CCCCCCCCCCCCCCCCOC(=O)/C=C/C(=O)OC(C)C(C)C. The predicted octanol–water partition coefficient (Wildman–Crippen LogP) is 7.15. The van der Waals surface area contributed by atoms with Gasteiger partial charge in [-0.1, -0.05) is 104 Å². The Hall–Kier alpha value is -1.32. The lowest BCUT2D eigenvalue weighted by atomic mass is 10.0. The Labute approximate surface area is 179 Å². The Balaban J connectivity index is 3.40. The van der Waals surface area contributed by atoms with Crippen LogP contribution < -0.4 is 0 Å². The van der Waals surface area contributed by atoms with E-state index in [0.717, 1.165) is 25.0 Å². The van der Waals surface area contributed by atoms with E-state index in [-0.39, 0.29) is 12.0 Å². The highest BCUT2D eigenvalue weighted by Gasteiger charge is 2.11. The minimum atomic E-state index is -0.500. The topological polar surface area (TPSA) is 52.6 Å². The highest BCUT2D eigenvalue weighted by molar-refractivity contribution is 5.91. The average molecular weight is 411 g/mol. The first kappa shape index (κ1) is 27.7. The zero-order chi connectivity index (χ0) is 21.7. The molecule has 1 atom stereocenters. The van der Waals surface area contributed by atoms with Crippen LogP contribution in [0.4, 0.5) is 0 Å². The quantitative estimate of drug-likeness (QED) is 0.129. The van der Waals surface area contributed by atoms with E-state index in [2.05, 4.69) is 6.92 Å². The largest absolute Gasteiger partial charge is 0.463 e. The molecule has 0 aromatic carbocycles. The number of esters is 2. The van der Waals surface area contributed by atoms with Crippen molar-refractivity contribution in [3.63, 3.8) is 0 Å². The maximum atomic E-state index is 11.6. The van der Waals surface area contributed by atoms with Crippen LogP contribution in [0.1, 0.15) is 118 Å². The molecule has 4 heteroatoms. The van der Waals surface area contributed by atoms with Crippen molar-refractivity contribution >= 4 is 11.9 Å². The number of carbonyl (C=O) groups excluding carboxylic acids is 2. The van der Waals surface area contributed by atoms with Gasteiger partial charge in [-0.2, -0.15) is 0 Å². The van der Waals surface area contributed by atoms with Gasteiger partial charge in [-0.25, -0.2) is 9.59 Å². The first-order chi connectivity index (χ1) is 14.0. The van der Waals surface area contributed by atoms with Gasteiger partial charge < -0.3 is 9.47 Å². The maximum Gasteiger partial charge on any atom is 0.331 e. The molecule has 0 aliphatic heterocycles. The lowest BCUT2D eigenvalue weighted by Crippen LogP contribution is -2.19. The smallest absolute Gasteiger partial charge is 0.331 e. The lowest BCUT2D eigenvalue weighted by molar-refractivity contribution is -0.145. The van der Waals surface area contributed by atoms with Gasteiger partial charge in [0.1, 0.15) is 6.10 Å². The number of hydrogen-bond donors (Lipinski definition) is 0. The van der Waals surface area contributed by atoms with Gasteiger partial charge in [0.05, 0.1) is 6.61 Å². The van der Waals surface area contributed by atoms with Crippen LogP contribution in [0.3, 0.4) is 0 Å². The van der Waals surface area contributed by atoms with Gasteiger partial charge in [-0.3, -0.25) is 0 Å². The molecule has 0 spiro atoms. The van der Waals surface area contributed by atoms with E-state index >= 15 is 0 Å². The van der Waals surface area contributed by atoms with Crippen LogP contribution in [0.5, 0.6) is 0 Å². The Morgan fingerprint density at radius 3 is 1.52 bits per heavy atom. The molecule has 0 rings (SSSR count). The van der Waals surface area contributed by atoms with Gasteiger partial charge in [0.2, 0.25) is 0 Å². The second-order valence-corrected chi connectivity index (χ2v) is 8.48. The summed E-state index contributed by atoms with van der Waals surface area (Å²) in [5, 5.41) is 0. The molecule has 0 saturated heterocycles. The third-order valence-electron chi connectivity index (χ3n) is 5.34. The molecule has 0 radical (unpaired) electrons. The molecule has 0 amide bonds. The molecule has 0 saturated carbocycles. The number of ether oxygens (including phenoxy) is 2.